The van der Waals surface area contributed by atoms with Crippen LogP contribution in [0.3, 0.4) is 0 Å². The van der Waals surface area contributed by atoms with Crippen molar-refractivity contribution in [3.63, 3.8) is 0 Å². The maximum absolute atomic E-state index is 10.9. The highest BCUT2D eigenvalue weighted by atomic mass is 16.7. The summed E-state index contributed by atoms with van der Waals surface area (Å²) in [4.78, 5) is 25.9. The number of carbonyl (C=O) groups is 2. The van der Waals surface area contributed by atoms with Gasteiger partial charge < -0.3 is 5.11 Å². The summed E-state index contributed by atoms with van der Waals surface area (Å²) in [5.74, 6) is -1.82. The lowest BCUT2D eigenvalue weighted by atomic mass is 10.1. The molecule has 1 aliphatic rings. The molecule has 0 bridgehead atoms. The molecule has 0 aromatic carbocycles. The van der Waals surface area contributed by atoms with Crippen molar-refractivity contribution in [1.29, 1.82) is 0 Å². The standard InChI is InChI=1S/C6H9NO4/c1-11-7-3-4(6(9)10)2-5(7)8/h4H,2-3H2,1H3,(H,9,10). The summed E-state index contributed by atoms with van der Waals surface area (Å²) in [5, 5.41) is 9.58. The molecule has 1 aliphatic heterocycles. The molecule has 1 atom stereocenters. The molecule has 0 aromatic rings. The molecule has 1 saturated heterocycles. The summed E-state index contributed by atoms with van der Waals surface area (Å²) in [6.45, 7) is 0.157. The zero-order valence-corrected chi connectivity index (χ0v) is 6.11. The van der Waals surface area contributed by atoms with Gasteiger partial charge in [-0.15, -0.1) is 0 Å². The van der Waals surface area contributed by atoms with E-state index in [0.717, 1.165) is 5.06 Å². The van der Waals surface area contributed by atoms with E-state index in [1.54, 1.807) is 0 Å². The van der Waals surface area contributed by atoms with Gasteiger partial charge in [-0.05, 0) is 0 Å². The predicted octanol–water partition coefficient (Wildman–Crippen LogP) is -0.519. The lowest BCUT2D eigenvalue weighted by Gasteiger charge is -2.10. The van der Waals surface area contributed by atoms with Crippen LogP contribution in [0.1, 0.15) is 6.42 Å². The normalized spacial score (nSPS) is 24.3. The average molecular weight is 159 g/mol. The van der Waals surface area contributed by atoms with Crippen LogP contribution in [0.4, 0.5) is 0 Å². The van der Waals surface area contributed by atoms with Crippen molar-refractivity contribution in [1.82, 2.24) is 5.06 Å². The van der Waals surface area contributed by atoms with Crippen molar-refractivity contribution < 1.29 is 19.5 Å². The Kier molecular flexibility index (Phi) is 2.09. The molecule has 0 aromatic heterocycles. The zero-order chi connectivity index (χ0) is 8.43. The zero-order valence-electron chi connectivity index (χ0n) is 6.11. The number of carboxylic acid groups (broad SMARTS) is 1. The first-order valence-electron chi connectivity index (χ1n) is 3.22. The van der Waals surface area contributed by atoms with Crippen LogP contribution >= 0.6 is 0 Å². The minimum atomic E-state index is -0.946. The van der Waals surface area contributed by atoms with Crippen molar-refractivity contribution in [2.24, 2.45) is 5.92 Å². The minimum Gasteiger partial charge on any atom is -0.481 e. The lowest BCUT2D eigenvalue weighted by Crippen LogP contribution is -2.24. The van der Waals surface area contributed by atoms with Crippen LogP contribution in [-0.2, 0) is 14.4 Å². The van der Waals surface area contributed by atoms with Gasteiger partial charge in [0.1, 0.15) is 0 Å². The molecule has 1 amide bonds. The van der Waals surface area contributed by atoms with Crippen LogP contribution in [0.25, 0.3) is 0 Å². The molecular weight excluding hydrogens is 150 g/mol. The van der Waals surface area contributed by atoms with Gasteiger partial charge in [0.2, 0.25) is 5.91 Å². The maximum atomic E-state index is 10.9. The Balaban J connectivity index is 2.56. The van der Waals surface area contributed by atoms with E-state index in [0.29, 0.717) is 0 Å². The van der Waals surface area contributed by atoms with E-state index in [1.807, 2.05) is 0 Å². The van der Waals surface area contributed by atoms with Crippen molar-refractivity contribution in [3.05, 3.63) is 0 Å². The third-order valence-electron chi connectivity index (χ3n) is 1.66. The van der Waals surface area contributed by atoms with Gasteiger partial charge in [0.15, 0.2) is 0 Å². The Labute approximate surface area is 63.5 Å². The Morgan fingerprint density at radius 1 is 1.82 bits per heavy atom. The summed E-state index contributed by atoms with van der Waals surface area (Å²) < 4.78 is 0. The van der Waals surface area contributed by atoms with Crippen molar-refractivity contribution in [2.75, 3.05) is 13.7 Å². The molecule has 5 nitrogen and oxygen atoms in total. The molecule has 1 rings (SSSR count). The SMILES string of the molecule is CON1CC(C(=O)O)CC1=O. The molecule has 1 unspecified atom stereocenters. The van der Waals surface area contributed by atoms with Gasteiger partial charge in [-0.2, -0.15) is 0 Å². The Hall–Kier alpha value is -1.10. The third kappa shape index (κ3) is 1.48. The van der Waals surface area contributed by atoms with Crippen LogP contribution in [0.5, 0.6) is 0 Å². The molecule has 0 aliphatic carbocycles. The number of rotatable bonds is 2. The van der Waals surface area contributed by atoms with Crippen molar-refractivity contribution >= 4 is 11.9 Å². The first kappa shape index (κ1) is 8.00. The van der Waals surface area contributed by atoms with Gasteiger partial charge in [0.25, 0.3) is 0 Å². The number of hydrogen-bond acceptors (Lipinski definition) is 3. The third-order valence-corrected chi connectivity index (χ3v) is 1.66. The topological polar surface area (TPSA) is 66.8 Å². The molecule has 1 N–H and O–H groups in total. The minimum absolute atomic E-state index is 0.0448. The highest BCUT2D eigenvalue weighted by molar-refractivity contribution is 5.85. The van der Waals surface area contributed by atoms with Gasteiger partial charge in [0.05, 0.1) is 19.6 Å². The number of hydrogen-bond donors (Lipinski definition) is 1. The lowest BCUT2D eigenvalue weighted by molar-refractivity contribution is -0.167. The van der Waals surface area contributed by atoms with Crippen LogP contribution in [0, 0.1) is 5.92 Å². The largest absolute Gasteiger partial charge is 0.481 e. The van der Waals surface area contributed by atoms with Crippen LogP contribution in [0.2, 0.25) is 0 Å². The summed E-state index contributed by atoms with van der Waals surface area (Å²) in [7, 11) is 1.35. The Bertz CT molecular complexity index is 191. The smallest absolute Gasteiger partial charge is 0.308 e. The van der Waals surface area contributed by atoms with Gasteiger partial charge in [-0.3, -0.25) is 14.4 Å². The fourth-order valence-corrected chi connectivity index (χ4v) is 1.02. The van der Waals surface area contributed by atoms with Crippen molar-refractivity contribution in [2.45, 2.75) is 6.42 Å². The van der Waals surface area contributed by atoms with E-state index in [1.165, 1.54) is 7.11 Å². The van der Waals surface area contributed by atoms with E-state index in [4.69, 9.17) is 5.11 Å². The quantitative estimate of drug-likeness (QED) is 0.588. The average Bonchev–Trinajstić information content (AvgIpc) is 2.31. The molecule has 11 heavy (non-hydrogen) atoms. The van der Waals surface area contributed by atoms with Crippen LogP contribution in [-0.4, -0.2) is 35.7 Å². The fourth-order valence-electron chi connectivity index (χ4n) is 1.02. The van der Waals surface area contributed by atoms with Gasteiger partial charge in [-0.25, -0.2) is 5.06 Å². The van der Waals surface area contributed by atoms with Gasteiger partial charge in [0, 0.05) is 6.42 Å². The van der Waals surface area contributed by atoms with Crippen LogP contribution in [0.15, 0.2) is 0 Å². The first-order chi connectivity index (χ1) is 5.15. The molecular formula is C6H9NO4. The van der Waals surface area contributed by atoms with Gasteiger partial charge >= 0.3 is 5.97 Å². The first-order valence-corrected chi connectivity index (χ1v) is 3.22. The van der Waals surface area contributed by atoms with Crippen LogP contribution < -0.4 is 0 Å². The maximum Gasteiger partial charge on any atom is 0.308 e. The number of aliphatic carboxylic acids is 1. The molecule has 0 saturated carbocycles. The molecule has 1 heterocycles. The van der Waals surface area contributed by atoms with E-state index in [9.17, 15) is 9.59 Å². The molecule has 5 heteroatoms. The number of carboxylic acids is 1. The molecule has 0 spiro atoms. The van der Waals surface area contributed by atoms with E-state index < -0.39 is 11.9 Å². The highest BCUT2D eigenvalue weighted by Gasteiger charge is 2.34. The molecule has 0 radical (unpaired) electrons. The van der Waals surface area contributed by atoms with Gasteiger partial charge in [-0.1, -0.05) is 0 Å². The number of amides is 1. The summed E-state index contributed by atoms with van der Waals surface area (Å²) in [5.41, 5.74) is 0. The molecule has 62 valence electrons. The highest BCUT2D eigenvalue weighted by Crippen LogP contribution is 2.17. The second kappa shape index (κ2) is 2.87. The Morgan fingerprint density at radius 2 is 2.45 bits per heavy atom. The van der Waals surface area contributed by atoms with E-state index in [-0.39, 0.29) is 18.9 Å². The second-order valence-electron chi connectivity index (χ2n) is 2.38. The van der Waals surface area contributed by atoms with E-state index in [2.05, 4.69) is 4.84 Å². The van der Waals surface area contributed by atoms with E-state index >= 15 is 0 Å². The van der Waals surface area contributed by atoms with Crippen molar-refractivity contribution in [3.8, 4) is 0 Å². The number of carbonyl (C=O) groups excluding carboxylic acids is 1. The second-order valence-corrected chi connectivity index (χ2v) is 2.38. The number of nitrogens with zero attached hydrogens (tertiary/aromatic N) is 1. The summed E-state index contributed by atoms with van der Waals surface area (Å²) in [6, 6.07) is 0. The monoisotopic (exact) mass is 159 g/mol. The molecule has 1 fully saturated rings. The Morgan fingerprint density at radius 3 is 2.73 bits per heavy atom. The summed E-state index contributed by atoms with van der Waals surface area (Å²) >= 11 is 0. The predicted molar refractivity (Wildman–Crippen MR) is 34.5 cm³/mol. The number of hydroxylamine groups is 2. The summed E-state index contributed by atoms with van der Waals surface area (Å²) in [6.07, 6.45) is 0.0448. The fraction of sp³-hybridized carbons (Fsp3) is 0.667.